The number of nitrogens with two attached hydrogens (primary N) is 1. The molecule has 5 nitrogen and oxygen atoms in total. The number of ether oxygens (including phenoxy) is 1. The highest BCUT2D eigenvalue weighted by molar-refractivity contribution is 5.58. The van der Waals surface area contributed by atoms with Crippen LogP contribution in [0.25, 0.3) is 11.4 Å². The standard InChI is InChI=1S/C14H18N4O/c1-8(2)19-14-17-12(16-13(15)18-14)11-6-5-9(3)10(4)7-11/h5-8H,1-4H3,(H2,15,16,17,18). The monoisotopic (exact) mass is 258 g/mol. The molecule has 0 aliphatic rings. The summed E-state index contributed by atoms with van der Waals surface area (Å²) in [6.45, 7) is 7.94. The van der Waals surface area contributed by atoms with Gasteiger partial charge in [-0.25, -0.2) is 0 Å². The summed E-state index contributed by atoms with van der Waals surface area (Å²) < 4.78 is 5.47. The van der Waals surface area contributed by atoms with Crippen molar-refractivity contribution < 1.29 is 4.74 Å². The molecule has 2 rings (SSSR count). The lowest BCUT2D eigenvalue weighted by atomic mass is 10.1. The van der Waals surface area contributed by atoms with Crippen molar-refractivity contribution in [3.63, 3.8) is 0 Å². The zero-order valence-electron chi connectivity index (χ0n) is 11.6. The zero-order chi connectivity index (χ0) is 14.0. The van der Waals surface area contributed by atoms with Crippen LogP contribution in [-0.2, 0) is 0 Å². The molecule has 0 amide bonds. The summed E-state index contributed by atoms with van der Waals surface area (Å²) in [5, 5.41) is 0. The lowest BCUT2D eigenvalue weighted by Gasteiger charge is -2.09. The second-order valence-electron chi connectivity index (χ2n) is 4.77. The van der Waals surface area contributed by atoms with Gasteiger partial charge in [-0.15, -0.1) is 0 Å². The Labute approximate surface area is 112 Å². The lowest BCUT2D eigenvalue weighted by Crippen LogP contribution is -2.11. The van der Waals surface area contributed by atoms with Gasteiger partial charge in [0.05, 0.1) is 6.10 Å². The van der Waals surface area contributed by atoms with Crippen LogP contribution in [0, 0.1) is 13.8 Å². The minimum absolute atomic E-state index is 0.00518. The van der Waals surface area contributed by atoms with E-state index in [1.165, 1.54) is 11.1 Å². The van der Waals surface area contributed by atoms with Gasteiger partial charge in [-0.3, -0.25) is 0 Å². The van der Waals surface area contributed by atoms with Gasteiger partial charge >= 0.3 is 6.01 Å². The normalized spacial score (nSPS) is 10.8. The molecule has 0 aliphatic carbocycles. The van der Waals surface area contributed by atoms with Gasteiger partial charge in [-0.1, -0.05) is 12.1 Å². The third kappa shape index (κ3) is 3.19. The van der Waals surface area contributed by atoms with Crippen molar-refractivity contribution in [3.8, 4) is 17.4 Å². The molecule has 5 heteroatoms. The molecule has 1 aromatic carbocycles. The van der Waals surface area contributed by atoms with Gasteiger partial charge in [-0.2, -0.15) is 15.0 Å². The van der Waals surface area contributed by atoms with Crippen molar-refractivity contribution in [2.24, 2.45) is 0 Å². The number of nitrogens with zero attached hydrogens (tertiary/aromatic N) is 3. The Morgan fingerprint density at radius 2 is 1.79 bits per heavy atom. The highest BCUT2D eigenvalue weighted by atomic mass is 16.5. The smallest absolute Gasteiger partial charge is 0.322 e. The van der Waals surface area contributed by atoms with E-state index >= 15 is 0 Å². The van der Waals surface area contributed by atoms with Crippen LogP contribution in [-0.4, -0.2) is 21.1 Å². The van der Waals surface area contributed by atoms with E-state index in [1.807, 2.05) is 32.0 Å². The van der Waals surface area contributed by atoms with Crippen molar-refractivity contribution in [1.29, 1.82) is 0 Å². The molecule has 0 fully saturated rings. The predicted molar refractivity (Wildman–Crippen MR) is 74.9 cm³/mol. The summed E-state index contributed by atoms with van der Waals surface area (Å²) in [5.74, 6) is 0.699. The van der Waals surface area contributed by atoms with E-state index < -0.39 is 0 Å². The van der Waals surface area contributed by atoms with Crippen molar-refractivity contribution in [2.75, 3.05) is 5.73 Å². The molecule has 2 N–H and O–H groups in total. The van der Waals surface area contributed by atoms with E-state index in [1.54, 1.807) is 0 Å². The van der Waals surface area contributed by atoms with Crippen molar-refractivity contribution in [1.82, 2.24) is 15.0 Å². The molecule has 0 aliphatic heterocycles. The molecule has 0 bridgehead atoms. The van der Waals surface area contributed by atoms with Crippen molar-refractivity contribution >= 4 is 5.95 Å². The number of anilines is 1. The van der Waals surface area contributed by atoms with E-state index in [2.05, 4.69) is 28.8 Å². The minimum atomic E-state index is -0.00518. The topological polar surface area (TPSA) is 73.9 Å². The number of hydrogen-bond acceptors (Lipinski definition) is 5. The van der Waals surface area contributed by atoms with Crippen LogP contribution < -0.4 is 10.5 Å². The Balaban J connectivity index is 2.43. The van der Waals surface area contributed by atoms with Gasteiger partial charge in [0.25, 0.3) is 0 Å². The number of aromatic nitrogens is 3. The molecule has 0 radical (unpaired) electrons. The first-order chi connectivity index (χ1) is 8.95. The quantitative estimate of drug-likeness (QED) is 0.915. The molecule has 0 atom stereocenters. The second kappa shape index (κ2) is 5.22. The summed E-state index contributed by atoms with van der Waals surface area (Å²) >= 11 is 0. The van der Waals surface area contributed by atoms with Gasteiger partial charge < -0.3 is 10.5 Å². The molecule has 1 heterocycles. The minimum Gasteiger partial charge on any atom is -0.461 e. The van der Waals surface area contributed by atoms with E-state index in [0.717, 1.165) is 5.56 Å². The van der Waals surface area contributed by atoms with Gasteiger partial charge in [0, 0.05) is 5.56 Å². The van der Waals surface area contributed by atoms with E-state index in [-0.39, 0.29) is 18.1 Å². The molecule has 1 aromatic heterocycles. The van der Waals surface area contributed by atoms with E-state index in [0.29, 0.717) is 5.82 Å². The van der Waals surface area contributed by atoms with Crippen LogP contribution in [0.15, 0.2) is 18.2 Å². The average molecular weight is 258 g/mol. The van der Waals surface area contributed by atoms with Crippen LogP contribution >= 0.6 is 0 Å². The third-order valence-corrected chi connectivity index (χ3v) is 2.74. The summed E-state index contributed by atoms with van der Waals surface area (Å²) in [7, 11) is 0. The van der Waals surface area contributed by atoms with Gasteiger partial charge in [0.15, 0.2) is 5.82 Å². The maximum absolute atomic E-state index is 5.70. The zero-order valence-corrected chi connectivity index (χ0v) is 11.6. The van der Waals surface area contributed by atoms with Gasteiger partial charge in [-0.05, 0) is 44.9 Å². The van der Waals surface area contributed by atoms with Crippen LogP contribution in [0.3, 0.4) is 0 Å². The van der Waals surface area contributed by atoms with Gasteiger partial charge in [0.1, 0.15) is 0 Å². The van der Waals surface area contributed by atoms with E-state index in [9.17, 15) is 0 Å². The average Bonchev–Trinajstić information content (AvgIpc) is 2.31. The van der Waals surface area contributed by atoms with Crippen LogP contribution in [0.5, 0.6) is 6.01 Å². The number of rotatable bonds is 3. The maximum Gasteiger partial charge on any atom is 0.322 e. The molecule has 0 unspecified atom stereocenters. The molecule has 100 valence electrons. The highest BCUT2D eigenvalue weighted by Crippen LogP contribution is 2.21. The molecular formula is C14H18N4O. The first-order valence-corrected chi connectivity index (χ1v) is 6.21. The second-order valence-corrected chi connectivity index (χ2v) is 4.77. The Morgan fingerprint density at radius 1 is 1.05 bits per heavy atom. The number of nitrogen functional groups attached to an aromatic ring is 1. The fourth-order valence-electron chi connectivity index (χ4n) is 1.65. The molecule has 0 saturated heterocycles. The Bertz CT molecular complexity index is 596. The summed E-state index contributed by atoms with van der Waals surface area (Å²) in [4.78, 5) is 12.4. The summed E-state index contributed by atoms with van der Waals surface area (Å²) in [6.07, 6.45) is -0.00518. The van der Waals surface area contributed by atoms with Gasteiger partial charge in [0.2, 0.25) is 5.95 Å². The number of hydrogen-bond donors (Lipinski definition) is 1. The molecule has 2 aromatic rings. The first-order valence-electron chi connectivity index (χ1n) is 6.21. The maximum atomic E-state index is 5.70. The SMILES string of the molecule is Cc1ccc(-c2nc(N)nc(OC(C)C)n2)cc1C. The molecule has 19 heavy (non-hydrogen) atoms. The highest BCUT2D eigenvalue weighted by Gasteiger charge is 2.09. The first kappa shape index (κ1) is 13.3. The molecule has 0 saturated carbocycles. The van der Waals surface area contributed by atoms with Crippen molar-refractivity contribution in [2.45, 2.75) is 33.8 Å². The molecular weight excluding hydrogens is 240 g/mol. The summed E-state index contributed by atoms with van der Waals surface area (Å²) in [6, 6.07) is 6.29. The Kier molecular flexibility index (Phi) is 3.64. The van der Waals surface area contributed by atoms with Crippen LogP contribution in [0.4, 0.5) is 5.95 Å². The fourth-order valence-corrected chi connectivity index (χ4v) is 1.65. The van der Waals surface area contributed by atoms with Crippen LogP contribution in [0.2, 0.25) is 0 Å². The van der Waals surface area contributed by atoms with Crippen molar-refractivity contribution in [3.05, 3.63) is 29.3 Å². The Hall–Kier alpha value is -2.17. The van der Waals surface area contributed by atoms with E-state index in [4.69, 9.17) is 10.5 Å². The largest absolute Gasteiger partial charge is 0.461 e. The van der Waals surface area contributed by atoms with Crippen LogP contribution in [0.1, 0.15) is 25.0 Å². The fraction of sp³-hybridized carbons (Fsp3) is 0.357. The number of aryl methyl sites for hydroxylation is 2. The number of benzene rings is 1. The third-order valence-electron chi connectivity index (χ3n) is 2.74. The molecule has 0 spiro atoms. The summed E-state index contributed by atoms with van der Waals surface area (Å²) in [5.41, 5.74) is 9.02. The predicted octanol–water partition coefficient (Wildman–Crippen LogP) is 2.52. The lowest BCUT2D eigenvalue weighted by molar-refractivity contribution is 0.222. The Morgan fingerprint density at radius 3 is 2.42 bits per heavy atom.